The lowest BCUT2D eigenvalue weighted by Gasteiger charge is -2.11. The molecule has 0 aliphatic carbocycles. The van der Waals surface area contributed by atoms with Gasteiger partial charge >= 0.3 is 0 Å². The average Bonchev–Trinajstić information content (AvgIpc) is 2.32. The molecule has 1 aromatic heterocycles. The highest BCUT2D eigenvalue weighted by Crippen LogP contribution is 2.26. The fourth-order valence-electron chi connectivity index (χ4n) is 1.88. The van der Waals surface area contributed by atoms with Crippen molar-refractivity contribution in [3.63, 3.8) is 0 Å². The van der Waals surface area contributed by atoms with Crippen molar-refractivity contribution in [2.45, 2.75) is 26.7 Å². The van der Waals surface area contributed by atoms with E-state index in [4.69, 9.17) is 0 Å². The predicted octanol–water partition coefficient (Wildman–Crippen LogP) is 4.39. The molecule has 0 aliphatic heterocycles. The lowest BCUT2D eigenvalue weighted by Crippen LogP contribution is -2.14. The number of rotatable bonds is 2. The van der Waals surface area contributed by atoms with Gasteiger partial charge in [0.25, 0.3) is 5.56 Å². The summed E-state index contributed by atoms with van der Waals surface area (Å²) < 4.78 is 1.53. The van der Waals surface area contributed by atoms with Crippen LogP contribution >= 0.6 is 31.9 Å². The highest BCUT2D eigenvalue weighted by Gasteiger charge is 2.14. The van der Waals surface area contributed by atoms with Crippen molar-refractivity contribution in [1.82, 2.24) is 9.97 Å². The lowest BCUT2D eigenvalue weighted by molar-refractivity contribution is 0.803. The fraction of sp³-hybridized carbons (Fsp3) is 0.286. The summed E-state index contributed by atoms with van der Waals surface area (Å²) in [5, 5.41) is 0. The first-order valence-electron chi connectivity index (χ1n) is 5.96. The largest absolute Gasteiger partial charge is 0.306 e. The molecule has 0 unspecified atom stereocenters. The van der Waals surface area contributed by atoms with E-state index in [0.29, 0.717) is 10.3 Å². The van der Waals surface area contributed by atoms with E-state index in [9.17, 15) is 4.79 Å². The van der Waals surface area contributed by atoms with E-state index in [2.05, 4.69) is 41.8 Å². The Balaban J connectivity index is 2.66. The Bertz CT molecular complexity index is 678. The van der Waals surface area contributed by atoms with Crippen LogP contribution in [0.1, 0.15) is 31.0 Å². The summed E-state index contributed by atoms with van der Waals surface area (Å²) in [4.78, 5) is 19.4. The zero-order chi connectivity index (χ0) is 14.2. The van der Waals surface area contributed by atoms with E-state index in [0.717, 1.165) is 21.3 Å². The highest BCUT2D eigenvalue weighted by molar-refractivity contribution is 9.10. The van der Waals surface area contributed by atoms with E-state index in [1.54, 1.807) is 0 Å². The first-order valence-corrected chi connectivity index (χ1v) is 7.55. The minimum atomic E-state index is -0.143. The van der Waals surface area contributed by atoms with Crippen LogP contribution in [-0.2, 0) is 0 Å². The Morgan fingerprint density at radius 3 is 2.53 bits per heavy atom. The summed E-state index contributed by atoms with van der Waals surface area (Å²) in [6.07, 6.45) is 0. The van der Waals surface area contributed by atoms with E-state index in [1.165, 1.54) is 0 Å². The number of aryl methyl sites for hydroxylation is 1. The summed E-state index contributed by atoms with van der Waals surface area (Å²) in [5.74, 6) is 0.799. The molecular formula is C14H14Br2N2O. The van der Waals surface area contributed by atoms with Crippen LogP contribution in [-0.4, -0.2) is 9.97 Å². The third kappa shape index (κ3) is 2.98. The van der Waals surface area contributed by atoms with Crippen molar-refractivity contribution >= 4 is 31.9 Å². The second-order valence-corrected chi connectivity index (χ2v) is 6.44. The van der Waals surface area contributed by atoms with E-state index in [1.807, 2.05) is 39.0 Å². The molecule has 19 heavy (non-hydrogen) atoms. The van der Waals surface area contributed by atoms with Gasteiger partial charge in [0.1, 0.15) is 10.3 Å². The van der Waals surface area contributed by atoms with Crippen molar-refractivity contribution in [2.75, 3.05) is 0 Å². The first-order chi connectivity index (χ1) is 8.90. The van der Waals surface area contributed by atoms with Crippen LogP contribution in [0.5, 0.6) is 0 Å². The van der Waals surface area contributed by atoms with Gasteiger partial charge in [0.2, 0.25) is 0 Å². The Morgan fingerprint density at radius 1 is 1.26 bits per heavy atom. The van der Waals surface area contributed by atoms with Crippen molar-refractivity contribution in [3.05, 3.63) is 48.8 Å². The molecule has 2 aromatic rings. The predicted molar refractivity (Wildman–Crippen MR) is 84.5 cm³/mol. The Hall–Kier alpha value is -0.940. The van der Waals surface area contributed by atoms with Crippen LogP contribution in [0.25, 0.3) is 11.4 Å². The summed E-state index contributed by atoms with van der Waals surface area (Å²) in [7, 11) is 0. The summed E-state index contributed by atoms with van der Waals surface area (Å²) in [6, 6.07) is 5.90. The van der Waals surface area contributed by atoms with Crippen LogP contribution in [0, 0.1) is 6.92 Å². The molecule has 5 heteroatoms. The fourth-order valence-corrected chi connectivity index (χ4v) is 3.00. The van der Waals surface area contributed by atoms with Crippen molar-refractivity contribution in [3.8, 4) is 11.4 Å². The van der Waals surface area contributed by atoms with Crippen LogP contribution in [0.3, 0.4) is 0 Å². The van der Waals surface area contributed by atoms with Crippen LogP contribution in [0.15, 0.2) is 31.9 Å². The number of hydrogen-bond donors (Lipinski definition) is 1. The maximum atomic E-state index is 12.0. The number of aromatic amines is 1. The molecule has 0 amide bonds. The molecule has 1 aromatic carbocycles. The third-order valence-electron chi connectivity index (χ3n) is 2.88. The second kappa shape index (κ2) is 5.59. The van der Waals surface area contributed by atoms with Gasteiger partial charge in [-0.1, -0.05) is 29.8 Å². The number of H-pyrrole nitrogens is 1. The molecule has 0 radical (unpaired) electrons. The molecule has 0 spiro atoms. The average molecular weight is 386 g/mol. The minimum absolute atomic E-state index is 0.143. The molecule has 0 saturated heterocycles. The van der Waals surface area contributed by atoms with E-state index >= 15 is 0 Å². The van der Waals surface area contributed by atoms with Crippen molar-refractivity contribution in [1.29, 1.82) is 0 Å². The molecule has 3 nitrogen and oxygen atoms in total. The van der Waals surface area contributed by atoms with Crippen molar-refractivity contribution in [2.24, 2.45) is 0 Å². The van der Waals surface area contributed by atoms with E-state index in [-0.39, 0.29) is 11.5 Å². The molecule has 0 fully saturated rings. The van der Waals surface area contributed by atoms with Gasteiger partial charge < -0.3 is 4.98 Å². The Morgan fingerprint density at radius 2 is 1.95 bits per heavy atom. The first kappa shape index (κ1) is 14.5. The standard InChI is InChI=1S/C14H14Br2N2O/c1-7(2)12-11(16)14(19)18-13(17-12)10-5-4-9(15)6-8(10)3/h4-7H,1-3H3,(H,17,18,19). The quantitative estimate of drug-likeness (QED) is 0.832. The maximum absolute atomic E-state index is 12.0. The normalized spacial score (nSPS) is 11.1. The third-order valence-corrected chi connectivity index (χ3v) is 4.14. The maximum Gasteiger partial charge on any atom is 0.265 e. The number of nitrogens with zero attached hydrogens (tertiary/aromatic N) is 1. The van der Waals surface area contributed by atoms with Crippen molar-refractivity contribution < 1.29 is 0 Å². The second-order valence-electron chi connectivity index (χ2n) is 4.73. The van der Waals surface area contributed by atoms with Gasteiger partial charge in [0.05, 0.1) is 5.69 Å². The summed E-state index contributed by atoms with van der Waals surface area (Å²) in [5.41, 5.74) is 2.64. The van der Waals surface area contributed by atoms with Gasteiger partial charge in [-0.25, -0.2) is 4.98 Å². The number of hydrogen-bond acceptors (Lipinski definition) is 2. The molecule has 100 valence electrons. The van der Waals surface area contributed by atoms with Gasteiger partial charge in [-0.05, 0) is 52.5 Å². The molecule has 2 rings (SSSR count). The van der Waals surface area contributed by atoms with Gasteiger partial charge in [-0.2, -0.15) is 0 Å². The minimum Gasteiger partial charge on any atom is -0.306 e. The number of nitrogens with one attached hydrogen (secondary N) is 1. The topological polar surface area (TPSA) is 45.8 Å². The zero-order valence-electron chi connectivity index (χ0n) is 10.9. The number of aromatic nitrogens is 2. The molecular weight excluding hydrogens is 372 g/mol. The summed E-state index contributed by atoms with van der Waals surface area (Å²) in [6.45, 7) is 6.03. The zero-order valence-corrected chi connectivity index (χ0v) is 14.1. The molecule has 1 N–H and O–H groups in total. The molecule has 0 aliphatic rings. The van der Waals surface area contributed by atoms with Crippen LogP contribution in [0.4, 0.5) is 0 Å². The Kier molecular flexibility index (Phi) is 4.26. The monoisotopic (exact) mass is 384 g/mol. The molecule has 0 saturated carbocycles. The molecule has 0 bridgehead atoms. The lowest BCUT2D eigenvalue weighted by atomic mass is 10.1. The molecule has 0 atom stereocenters. The smallest absolute Gasteiger partial charge is 0.265 e. The van der Waals surface area contributed by atoms with Gasteiger partial charge in [0.15, 0.2) is 0 Å². The Labute approximate surface area is 128 Å². The summed E-state index contributed by atoms with van der Waals surface area (Å²) >= 11 is 6.74. The number of benzene rings is 1. The van der Waals surface area contributed by atoms with Crippen LogP contribution < -0.4 is 5.56 Å². The van der Waals surface area contributed by atoms with Gasteiger partial charge in [-0.3, -0.25) is 4.79 Å². The van der Waals surface area contributed by atoms with Gasteiger partial charge in [-0.15, -0.1) is 0 Å². The van der Waals surface area contributed by atoms with Gasteiger partial charge in [0, 0.05) is 10.0 Å². The molecule has 1 heterocycles. The van der Waals surface area contributed by atoms with E-state index < -0.39 is 0 Å². The SMILES string of the molecule is Cc1cc(Br)ccc1-c1nc(C(C)C)c(Br)c(=O)[nH]1. The highest BCUT2D eigenvalue weighted by atomic mass is 79.9. The van der Waals surface area contributed by atoms with Crippen LogP contribution in [0.2, 0.25) is 0 Å². The number of halogens is 2.